The third kappa shape index (κ3) is 4.40. The van der Waals surface area contributed by atoms with Crippen LogP contribution in [0.1, 0.15) is 32.2 Å². The van der Waals surface area contributed by atoms with Gasteiger partial charge in [-0.3, -0.25) is 4.68 Å². The van der Waals surface area contributed by atoms with Crippen LogP contribution < -0.4 is 0 Å². The van der Waals surface area contributed by atoms with E-state index in [4.69, 9.17) is 9.15 Å². The summed E-state index contributed by atoms with van der Waals surface area (Å²) in [6.45, 7) is 0.422. The molecule has 3 rings (SSSR count). The molecule has 2 aromatic heterocycles. The van der Waals surface area contributed by atoms with Gasteiger partial charge in [-0.15, -0.1) is 0 Å². The number of halogens is 1. The molecular formula is C18H15BrN2O5. The number of hydrogen-bond acceptors (Lipinski definition) is 6. The van der Waals surface area contributed by atoms with Crippen LogP contribution in [0.3, 0.4) is 0 Å². The highest BCUT2D eigenvalue weighted by Crippen LogP contribution is 2.14. The minimum Gasteiger partial charge on any atom is -0.465 e. The fourth-order valence-corrected chi connectivity index (χ4v) is 2.61. The second-order valence-corrected chi connectivity index (χ2v) is 6.31. The maximum Gasteiger partial charge on any atom is 0.374 e. The number of carbonyl (C=O) groups excluding carboxylic acids is 2. The molecule has 0 aliphatic carbocycles. The van der Waals surface area contributed by atoms with Gasteiger partial charge in [0.05, 0.1) is 29.9 Å². The fraction of sp³-hybridized carbons (Fsp3) is 0.167. The predicted molar refractivity (Wildman–Crippen MR) is 94.6 cm³/mol. The summed E-state index contributed by atoms with van der Waals surface area (Å²) >= 11 is 3.32. The normalized spacial score (nSPS) is 10.5. The average Bonchev–Trinajstić information content (AvgIpc) is 3.28. The summed E-state index contributed by atoms with van der Waals surface area (Å²) in [5, 5.41) is 4.13. The lowest BCUT2D eigenvalue weighted by Gasteiger charge is -2.05. The Morgan fingerprint density at radius 3 is 2.81 bits per heavy atom. The van der Waals surface area contributed by atoms with Crippen molar-refractivity contribution < 1.29 is 23.5 Å². The van der Waals surface area contributed by atoms with Gasteiger partial charge in [-0.25, -0.2) is 9.59 Å². The Labute approximate surface area is 157 Å². The molecule has 0 unspecified atom stereocenters. The largest absolute Gasteiger partial charge is 0.465 e. The van der Waals surface area contributed by atoms with Crippen LogP contribution in [0.5, 0.6) is 0 Å². The van der Waals surface area contributed by atoms with Crippen LogP contribution >= 0.6 is 15.9 Å². The lowest BCUT2D eigenvalue weighted by Crippen LogP contribution is -2.06. The minimum atomic E-state index is -0.582. The quantitative estimate of drug-likeness (QED) is 0.570. The van der Waals surface area contributed by atoms with Crippen molar-refractivity contribution >= 4 is 27.9 Å². The molecule has 7 nitrogen and oxygen atoms in total. The molecule has 0 spiro atoms. The molecule has 0 amide bonds. The Morgan fingerprint density at radius 2 is 2.08 bits per heavy atom. The van der Waals surface area contributed by atoms with Gasteiger partial charge in [0, 0.05) is 6.20 Å². The van der Waals surface area contributed by atoms with E-state index in [1.807, 2.05) is 0 Å². The number of benzene rings is 1. The van der Waals surface area contributed by atoms with Crippen molar-refractivity contribution in [1.82, 2.24) is 9.78 Å². The number of aromatic nitrogens is 2. The molecule has 2 heterocycles. The van der Waals surface area contributed by atoms with E-state index in [-0.39, 0.29) is 12.4 Å². The molecule has 0 saturated heterocycles. The molecule has 0 saturated carbocycles. The van der Waals surface area contributed by atoms with Crippen molar-refractivity contribution in [2.45, 2.75) is 13.2 Å². The first-order valence-corrected chi connectivity index (χ1v) is 8.45. The van der Waals surface area contributed by atoms with Crippen molar-refractivity contribution in [2.75, 3.05) is 7.11 Å². The Morgan fingerprint density at radius 1 is 1.23 bits per heavy atom. The van der Waals surface area contributed by atoms with Gasteiger partial charge < -0.3 is 13.9 Å². The van der Waals surface area contributed by atoms with E-state index in [1.54, 1.807) is 53.5 Å². The Bertz CT molecular complexity index is 931. The zero-order valence-corrected chi connectivity index (χ0v) is 15.4. The first kappa shape index (κ1) is 17.9. The number of rotatable bonds is 6. The fourth-order valence-electron chi connectivity index (χ4n) is 2.28. The Kier molecular flexibility index (Phi) is 5.52. The third-order valence-corrected chi connectivity index (χ3v) is 3.91. The Balaban J connectivity index is 1.59. The smallest absolute Gasteiger partial charge is 0.374 e. The van der Waals surface area contributed by atoms with Crippen LogP contribution in [0.4, 0.5) is 0 Å². The van der Waals surface area contributed by atoms with Crippen molar-refractivity contribution in [3.8, 4) is 0 Å². The van der Waals surface area contributed by atoms with Crippen molar-refractivity contribution in [2.24, 2.45) is 0 Å². The van der Waals surface area contributed by atoms with E-state index in [2.05, 4.69) is 25.8 Å². The lowest BCUT2D eigenvalue weighted by atomic mass is 10.1. The molecule has 0 atom stereocenters. The lowest BCUT2D eigenvalue weighted by molar-refractivity contribution is 0.0434. The maximum atomic E-state index is 12.1. The Hall–Kier alpha value is -2.87. The molecular weight excluding hydrogens is 404 g/mol. The highest BCUT2D eigenvalue weighted by molar-refractivity contribution is 9.10. The molecule has 0 aliphatic rings. The first-order valence-electron chi connectivity index (χ1n) is 7.66. The molecule has 0 aliphatic heterocycles. The van der Waals surface area contributed by atoms with E-state index in [9.17, 15) is 9.59 Å². The molecule has 3 aromatic rings. The van der Waals surface area contributed by atoms with E-state index in [1.165, 1.54) is 7.11 Å². The van der Waals surface area contributed by atoms with Crippen molar-refractivity contribution in [3.63, 3.8) is 0 Å². The molecule has 0 bridgehead atoms. The maximum absolute atomic E-state index is 12.1. The average molecular weight is 419 g/mol. The number of nitrogens with zero attached hydrogens (tertiary/aromatic N) is 2. The number of methoxy groups -OCH3 is 1. The molecule has 0 fully saturated rings. The number of hydrogen-bond donors (Lipinski definition) is 0. The van der Waals surface area contributed by atoms with Gasteiger partial charge in [-0.05, 0) is 45.8 Å². The highest BCUT2D eigenvalue weighted by atomic mass is 79.9. The van der Waals surface area contributed by atoms with Gasteiger partial charge >= 0.3 is 11.9 Å². The molecule has 134 valence electrons. The van der Waals surface area contributed by atoms with E-state index in [0.717, 1.165) is 4.47 Å². The summed E-state index contributed by atoms with van der Waals surface area (Å²) in [5.41, 5.74) is 1.07. The van der Waals surface area contributed by atoms with E-state index in [0.29, 0.717) is 23.4 Å². The number of carbonyl (C=O) groups is 2. The van der Waals surface area contributed by atoms with Crippen molar-refractivity contribution in [3.05, 3.63) is 75.9 Å². The first-order chi connectivity index (χ1) is 12.5. The van der Waals surface area contributed by atoms with E-state index < -0.39 is 11.9 Å². The molecule has 26 heavy (non-hydrogen) atoms. The molecule has 1 aromatic carbocycles. The molecule has 0 N–H and O–H groups in total. The van der Waals surface area contributed by atoms with Crippen LogP contribution in [-0.4, -0.2) is 28.8 Å². The SMILES string of the molecule is COC(=O)c1cccc(COC(=O)c2ccc(Cn3cc(Br)cn3)o2)c1. The highest BCUT2D eigenvalue weighted by Gasteiger charge is 2.14. The summed E-state index contributed by atoms with van der Waals surface area (Å²) in [4.78, 5) is 23.6. The van der Waals surface area contributed by atoms with Crippen LogP contribution in [0.2, 0.25) is 0 Å². The zero-order valence-electron chi connectivity index (χ0n) is 13.8. The minimum absolute atomic E-state index is 0.0196. The van der Waals surface area contributed by atoms with Gasteiger partial charge in [-0.2, -0.15) is 5.10 Å². The molecule has 0 radical (unpaired) electrons. The topological polar surface area (TPSA) is 83.6 Å². The summed E-state index contributed by atoms with van der Waals surface area (Å²) in [5.74, 6) is -0.337. The number of ether oxygens (including phenoxy) is 2. The van der Waals surface area contributed by atoms with Gasteiger partial charge in [-0.1, -0.05) is 12.1 Å². The van der Waals surface area contributed by atoms with Gasteiger partial charge in [0.15, 0.2) is 0 Å². The second-order valence-electron chi connectivity index (χ2n) is 5.39. The second kappa shape index (κ2) is 8.01. The monoisotopic (exact) mass is 418 g/mol. The van der Waals surface area contributed by atoms with Gasteiger partial charge in [0.1, 0.15) is 12.4 Å². The van der Waals surface area contributed by atoms with Gasteiger partial charge in [0.2, 0.25) is 5.76 Å². The molecule has 8 heteroatoms. The summed E-state index contributed by atoms with van der Waals surface area (Å²) in [6.07, 6.45) is 3.47. The zero-order chi connectivity index (χ0) is 18.5. The van der Waals surface area contributed by atoms with Crippen LogP contribution in [-0.2, 0) is 22.6 Å². The summed E-state index contributed by atoms with van der Waals surface area (Å²) in [7, 11) is 1.31. The van der Waals surface area contributed by atoms with Crippen LogP contribution in [0.15, 0.2) is 57.7 Å². The van der Waals surface area contributed by atoms with Crippen LogP contribution in [0.25, 0.3) is 0 Å². The van der Waals surface area contributed by atoms with E-state index >= 15 is 0 Å². The predicted octanol–water partition coefficient (Wildman–Crippen LogP) is 3.43. The standard InChI is InChI=1S/C18H15BrN2O5/c1-24-17(22)13-4-2-3-12(7-13)11-25-18(23)16-6-5-15(26-16)10-21-9-14(19)8-20-21/h2-9H,10-11H2,1H3. The number of esters is 2. The summed E-state index contributed by atoms with van der Waals surface area (Å²) < 4.78 is 17.9. The van der Waals surface area contributed by atoms with Crippen molar-refractivity contribution in [1.29, 1.82) is 0 Å². The van der Waals surface area contributed by atoms with Gasteiger partial charge in [0.25, 0.3) is 0 Å². The summed E-state index contributed by atoms with van der Waals surface area (Å²) in [6, 6.07) is 9.95. The van der Waals surface area contributed by atoms with Crippen LogP contribution in [0, 0.1) is 0 Å². The number of furan rings is 1. The third-order valence-electron chi connectivity index (χ3n) is 3.50.